The average molecular weight is 583 g/mol. The van der Waals surface area contributed by atoms with Gasteiger partial charge < -0.3 is 10.6 Å². The van der Waals surface area contributed by atoms with E-state index in [9.17, 15) is 0 Å². The Bertz CT molecular complexity index is 2270. The highest BCUT2D eigenvalue weighted by Gasteiger charge is 2.24. The van der Waals surface area contributed by atoms with Gasteiger partial charge in [0.1, 0.15) is 6.17 Å². The van der Waals surface area contributed by atoms with Crippen molar-refractivity contribution in [2.24, 2.45) is 0 Å². The normalized spacial score (nSPS) is 15.7. The molecule has 2 N–H and O–H groups in total. The third-order valence-electron chi connectivity index (χ3n) is 9.17. The summed E-state index contributed by atoms with van der Waals surface area (Å²) < 4.78 is 2.75. The largest absolute Gasteiger partial charge is 0.366 e. The summed E-state index contributed by atoms with van der Waals surface area (Å²) in [5.74, 6) is 0. The summed E-state index contributed by atoms with van der Waals surface area (Å²) >= 11 is 1.92. The third kappa shape index (κ3) is 4.16. The Balaban J connectivity index is 1.07. The molecule has 1 aliphatic heterocycles. The molecule has 1 aromatic heterocycles. The van der Waals surface area contributed by atoms with Crippen molar-refractivity contribution in [1.29, 1.82) is 0 Å². The number of thiophene rings is 1. The minimum Gasteiger partial charge on any atom is -0.366 e. The molecule has 6 aromatic carbocycles. The second kappa shape index (κ2) is 10.3. The molecule has 0 radical (unpaired) electrons. The summed E-state index contributed by atoms with van der Waals surface area (Å²) in [5, 5.41) is 13.0. The molecule has 0 saturated heterocycles. The quantitative estimate of drug-likeness (QED) is 0.216. The Morgan fingerprint density at radius 1 is 0.614 bits per heavy atom. The SMILES string of the molecule is C1=Cc2c(cc(C3NC=C(c4cccc(-c5ccc(-c6ccccc6)cc5)c4)N3)c3ccc4c5ccccc5sc4c23)CC1. The lowest BCUT2D eigenvalue weighted by atomic mass is 9.88. The van der Waals surface area contributed by atoms with E-state index in [2.05, 4.69) is 150 Å². The first kappa shape index (κ1) is 25.4. The second-order valence-corrected chi connectivity index (χ2v) is 12.8. The van der Waals surface area contributed by atoms with Gasteiger partial charge in [0.25, 0.3) is 0 Å². The first-order valence-corrected chi connectivity index (χ1v) is 16.2. The van der Waals surface area contributed by atoms with Gasteiger partial charge in [0.15, 0.2) is 0 Å². The van der Waals surface area contributed by atoms with E-state index in [4.69, 9.17) is 0 Å². The van der Waals surface area contributed by atoms with Crippen LogP contribution < -0.4 is 10.6 Å². The molecule has 9 rings (SSSR count). The molecule has 210 valence electrons. The zero-order valence-electron chi connectivity index (χ0n) is 24.2. The predicted octanol–water partition coefficient (Wildman–Crippen LogP) is 10.7. The molecule has 0 bridgehead atoms. The smallest absolute Gasteiger partial charge is 0.123 e. The highest BCUT2D eigenvalue weighted by atomic mass is 32.1. The summed E-state index contributed by atoms with van der Waals surface area (Å²) in [6.45, 7) is 0. The van der Waals surface area contributed by atoms with E-state index in [1.54, 1.807) is 0 Å². The van der Waals surface area contributed by atoms with Gasteiger partial charge in [0.05, 0.1) is 5.70 Å². The van der Waals surface area contributed by atoms with E-state index in [1.807, 2.05) is 11.3 Å². The van der Waals surface area contributed by atoms with Crippen LogP contribution in [-0.2, 0) is 6.42 Å². The van der Waals surface area contributed by atoms with E-state index in [0.29, 0.717) is 0 Å². The van der Waals surface area contributed by atoms with Crippen LogP contribution in [0.5, 0.6) is 0 Å². The van der Waals surface area contributed by atoms with Crippen LogP contribution >= 0.6 is 11.3 Å². The van der Waals surface area contributed by atoms with Crippen LogP contribution in [0.3, 0.4) is 0 Å². The fourth-order valence-electron chi connectivity index (χ4n) is 6.97. The molecule has 0 saturated carbocycles. The van der Waals surface area contributed by atoms with Gasteiger partial charge in [-0.15, -0.1) is 11.3 Å². The molecule has 2 nitrogen and oxygen atoms in total. The Hall–Kier alpha value is -5.12. The Kier molecular flexibility index (Phi) is 5.92. The predicted molar refractivity (Wildman–Crippen MR) is 188 cm³/mol. The summed E-state index contributed by atoms with van der Waals surface area (Å²) in [4.78, 5) is 0. The van der Waals surface area contributed by atoms with E-state index in [-0.39, 0.29) is 6.17 Å². The lowest BCUT2D eigenvalue weighted by molar-refractivity contribution is 0.617. The van der Waals surface area contributed by atoms with E-state index < -0.39 is 0 Å². The number of hydrogen-bond acceptors (Lipinski definition) is 3. The maximum absolute atomic E-state index is 3.84. The van der Waals surface area contributed by atoms with Crippen LogP contribution in [-0.4, -0.2) is 0 Å². The van der Waals surface area contributed by atoms with Gasteiger partial charge in [-0.25, -0.2) is 0 Å². The van der Waals surface area contributed by atoms with Crippen molar-refractivity contribution in [1.82, 2.24) is 10.6 Å². The van der Waals surface area contributed by atoms with Gasteiger partial charge in [-0.3, -0.25) is 0 Å². The zero-order valence-corrected chi connectivity index (χ0v) is 25.0. The standard InChI is InChI=1S/C41H30N2S/c1-2-9-26(10-3-1)27-17-19-28(20-18-27)29-12-8-13-31(23-29)37-25-42-41(43-37)36-24-30-11-4-5-14-32(30)39-34(36)21-22-35-33-15-6-7-16-38(33)44-40(35)39/h1-3,5-10,12-25,41-43H,4,11H2. The van der Waals surface area contributed by atoms with Gasteiger partial charge >= 0.3 is 0 Å². The topological polar surface area (TPSA) is 24.1 Å². The lowest BCUT2D eigenvalue weighted by Gasteiger charge is -2.22. The zero-order chi connectivity index (χ0) is 29.0. The van der Waals surface area contributed by atoms with Crippen molar-refractivity contribution in [2.45, 2.75) is 19.0 Å². The molecule has 7 aromatic rings. The van der Waals surface area contributed by atoms with Crippen LogP contribution in [0.1, 0.15) is 34.8 Å². The van der Waals surface area contributed by atoms with E-state index >= 15 is 0 Å². The summed E-state index contributed by atoms with van der Waals surface area (Å²) in [6, 6.07) is 44.2. The number of aryl methyl sites for hydroxylation is 1. The van der Waals surface area contributed by atoms with Crippen LogP contribution in [0, 0.1) is 0 Å². The van der Waals surface area contributed by atoms with Crippen molar-refractivity contribution in [2.75, 3.05) is 0 Å². The molecule has 3 heteroatoms. The van der Waals surface area contributed by atoms with Gasteiger partial charge in [0, 0.05) is 37.3 Å². The Morgan fingerprint density at radius 2 is 1.34 bits per heavy atom. The number of nitrogens with one attached hydrogen (secondary N) is 2. The van der Waals surface area contributed by atoms with Crippen molar-refractivity contribution < 1.29 is 0 Å². The molecule has 1 unspecified atom stereocenters. The molecular formula is C41H30N2S. The molecule has 0 amide bonds. The molecule has 0 spiro atoms. The van der Waals surface area contributed by atoms with Crippen molar-refractivity contribution in [3.63, 3.8) is 0 Å². The van der Waals surface area contributed by atoms with Crippen molar-refractivity contribution in [3.8, 4) is 22.3 Å². The monoisotopic (exact) mass is 582 g/mol. The summed E-state index contributed by atoms with van der Waals surface area (Å²) in [5.41, 5.74) is 11.4. The average Bonchev–Trinajstić information content (AvgIpc) is 3.74. The highest BCUT2D eigenvalue weighted by Crippen LogP contribution is 2.44. The fraction of sp³-hybridized carbons (Fsp3) is 0.0732. The molecule has 1 aliphatic carbocycles. The number of allylic oxidation sites excluding steroid dienone is 1. The number of fused-ring (bicyclic) bond motifs is 7. The highest BCUT2D eigenvalue weighted by molar-refractivity contribution is 7.26. The first-order chi connectivity index (χ1) is 21.8. The molecule has 44 heavy (non-hydrogen) atoms. The van der Waals surface area contributed by atoms with Crippen LogP contribution in [0.25, 0.3) is 65.0 Å². The van der Waals surface area contributed by atoms with Crippen molar-refractivity contribution in [3.05, 3.63) is 156 Å². The van der Waals surface area contributed by atoms with Crippen LogP contribution in [0.15, 0.2) is 134 Å². The minimum atomic E-state index is 0.00402. The Morgan fingerprint density at radius 3 is 2.23 bits per heavy atom. The lowest BCUT2D eigenvalue weighted by Crippen LogP contribution is -2.23. The van der Waals surface area contributed by atoms with Crippen molar-refractivity contribution >= 4 is 54.1 Å². The fourth-order valence-corrected chi connectivity index (χ4v) is 8.23. The molecule has 2 aliphatic rings. The Labute approximate surface area is 261 Å². The maximum Gasteiger partial charge on any atom is 0.123 e. The molecule has 0 fully saturated rings. The van der Waals surface area contributed by atoms with Crippen LogP contribution in [0.4, 0.5) is 0 Å². The van der Waals surface area contributed by atoms with E-state index in [1.165, 1.54) is 75.5 Å². The first-order valence-electron chi connectivity index (χ1n) is 15.4. The summed E-state index contributed by atoms with van der Waals surface area (Å²) in [7, 11) is 0. The van der Waals surface area contributed by atoms with Gasteiger partial charge in [-0.1, -0.05) is 121 Å². The maximum atomic E-state index is 3.84. The van der Waals surface area contributed by atoms with Gasteiger partial charge in [0.2, 0.25) is 0 Å². The van der Waals surface area contributed by atoms with Gasteiger partial charge in [-0.2, -0.15) is 0 Å². The third-order valence-corrected chi connectivity index (χ3v) is 10.4. The van der Waals surface area contributed by atoms with Gasteiger partial charge in [-0.05, 0) is 69.3 Å². The molecular weight excluding hydrogens is 553 g/mol. The molecule has 2 heterocycles. The number of rotatable bonds is 4. The number of benzene rings is 6. The number of hydrogen-bond donors (Lipinski definition) is 2. The summed E-state index contributed by atoms with van der Waals surface area (Å²) in [6.07, 6.45) is 9.01. The minimum absolute atomic E-state index is 0.00402. The second-order valence-electron chi connectivity index (χ2n) is 11.8. The molecule has 1 atom stereocenters. The van der Waals surface area contributed by atoms with E-state index in [0.717, 1.165) is 18.5 Å². The van der Waals surface area contributed by atoms with Crippen LogP contribution in [0.2, 0.25) is 0 Å².